The molecule has 1 aliphatic heterocycles. The molecule has 1 aromatic rings. The Balaban J connectivity index is 1.52. The molecule has 1 aromatic carbocycles. The average molecular weight is 340 g/mol. The number of anilines is 2. The fourth-order valence-corrected chi connectivity index (χ4v) is 4.41. The molecule has 2 bridgehead atoms. The lowest BCUT2D eigenvalue weighted by atomic mass is 9.82. The highest BCUT2D eigenvalue weighted by molar-refractivity contribution is 5.98. The number of carboxylic acid groups (broad SMARTS) is 1. The summed E-state index contributed by atoms with van der Waals surface area (Å²) in [5, 5.41) is 12.3. The van der Waals surface area contributed by atoms with Crippen LogP contribution < -0.4 is 10.2 Å². The van der Waals surface area contributed by atoms with Gasteiger partial charge in [-0.3, -0.25) is 14.4 Å². The van der Waals surface area contributed by atoms with Crippen LogP contribution in [0.25, 0.3) is 0 Å². The minimum Gasteiger partial charge on any atom is -0.481 e. The van der Waals surface area contributed by atoms with E-state index in [2.05, 4.69) is 5.32 Å². The zero-order chi connectivity index (χ0) is 17.6. The molecule has 0 aromatic heterocycles. The highest BCUT2D eigenvalue weighted by atomic mass is 16.4. The largest absolute Gasteiger partial charge is 0.481 e. The molecule has 6 heteroatoms. The summed E-state index contributed by atoms with van der Waals surface area (Å²) in [4.78, 5) is 37.9. The molecule has 2 N–H and O–H groups in total. The third-order valence-corrected chi connectivity index (χ3v) is 5.55. The maximum absolute atomic E-state index is 12.7. The second kappa shape index (κ2) is 6.02. The first kappa shape index (κ1) is 15.9. The van der Waals surface area contributed by atoms with Gasteiger partial charge in [0.15, 0.2) is 0 Å². The minimum atomic E-state index is -0.909. The van der Waals surface area contributed by atoms with E-state index < -0.39 is 17.8 Å². The quantitative estimate of drug-likeness (QED) is 0.823. The second-order valence-corrected chi connectivity index (χ2v) is 7.03. The smallest absolute Gasteiger partial charge is 0.307 e. The summed E-state index contributed by atoms with van der Waals surface area (Å²) in [6.07, 6.45) is 6.01. The summed E-state index contributed by atoms with van der Waals surface area (Å²) in [5.41, 5.74) is 1.36. The molecule has 0 radical (unpaired) electrons. The van der Waals surface area contributed by atoms with Gasteiger partial charge in [-0.15, -0.1) is 0 Å². The van der Waals surface area contributed by atoms with E-state index in [-0.39, 0.29) is 23.7 Å². The maximum atomic E-state index is 12.7. The van der Waals surface area contributed by atoms with Crippen LogP contribution in [0.2, 0.25) is 0 Å². The number of nitrogens with zero attached hydrogens (tertiary/aromatic N) is 1. The lowest BCUT2D eigenvalue weighted by Crippen LogP contribution is -2.36. The molecule has 1 saturated heterocycles. The van der Waals surface area contributed by atoms with Crippen LogP contribution in [0, 0.1) is 23.7 Å². The number of carboxylic acids is 1. The summed E-state index contributed by atoms with van der Waals surface area (Å²) >= 11 is 0. The van der Waals surface area contributed by atoms with Crippen molar-refractivity contribution in [3.8, 4) is 0 Å². The SMILES string of the molecule is O=C(O)[C@@H]1[C@@H](C(=O)Nc2cccc(N3CCCC3=O)c2)[C@H]2C=C[C@H]1C2. The van der Waals surface area contributed by atoms with Crippen LogP contribution in [0.3, 0.4) is 0 Å². The number of amides is 2. The Morgan fingerprint density at radius 3 is 2.60 bits per heavy atom. The third-order valence-electron chi connectivity index (χ3n) is 5.55. The van der Waals surface area contributed by atoms with E-state index in [4.69, 9.17) is 0 Å². The fraction of sp³-hybridized carbons (Fsp3) is 0.421. The fourth-order valence-electron chi connectivity index (χ4n) is 4.41. The van der Waals surface area contributed by atoms with E-state index >= 15 is 0 Å². The Kier molecular flexibility index (Phi) is 3.82. The van der Waals surface area contributed by atoms with Crippen molar-refractivity contribution in [1.29, 1.82) is 0 Å². The van der Waals surface area contributed by atoms with Gasteiger partial charge in [0.05, 0.1) is 11.8 Å². The van der Waals surface area contributed by atoms with Gasteiger partial charge in [0.25, 0.3) is 0 Å². The van der Waals surface area contributed by atoms with Gasteiger partial charge in [0.1, 0.15) is 0 Å². The van der Waals surface area contributed by atoms with Crippen molar-refractivity contribution in [3.05, 3.63) is 36.4 Å². The van der Waals surface area contributed by atoms with Crippen molar-refractivity contribution in [3.63, 3.8) is 0 Å². The highest BCUT2D eigenvalue weighted by Crippen LogP contribution is 2.48. The lowest BCUT2D eigenvalue weighted by Gasteiger charge is -2.24. The normalized spacial score (nSPS) is 30.1. The number of rotatable bonds is 4. The van der Waals surface area contributed by atoms with Crippen LogP contribution in [0.5, 0.6) is 0 Å². The zero-order valence-electron chi connectivity index (χ0n) is 13.7. The molecule has 2 amide bonds. The first-order chi connectivity index (χ1) is 12.0. The molecule has 25 heavy (non-hydrogen) atoms. The molecule has 3 aliphatic rings. The molecule has 4 rings (SSSR count). The lowest BCUT2D eigenvalue weighted by molar-refractivity contribution is -0.146. The first-order valence-electron chi connectivity index (χ1n) is 8.67. The van der Waals surface area contributed by atoms with Gasteiger partial charge in [-0.1, -0.05) is 18.2 Å². The van der Waals surface area contributed by atoms with Crippen LogP contribution in [0.1, 0.15) is 19.3 Å². The third kappa shape index (κ3) is 2.71. The Morgan fingerprint density at radius 1 is 1.16 bits per heavy atom. The standard InChI is InChI=1S/C19H20N2O4/c22-15-5-2-8-21(15)14-4-1-3-13(10-14)20-18(23)16-11-6-7-12(9-11)17(16)19(24)25/h1,3-4,6-7,10-12,16-17H,2,5,8-9H2,(H,20,23)(H,24,25)/t11-,12-,16-,17-/m0/s1. The van der Waals surface area contributed by atoms with Crippen LogP contribution in [-0.2, 0) is 14.4 Å². The molecule has 2 fully saturated rings. The Morgan fingerprint density at radius 2 is 1.92 bits per heavy atom. The number of allylic oxidation sites excluding steroid dienone is 2. The van der Waals surface area contributed by atoms with Crippen LogP contribution in [-0.4, -0.2) is 29.4 Å². The van der Waals surface area contributed by atoms with Gasteiger partial charge >= 0.3 is 5.97 Å². The monoisotopic (exact) mass is 340 g/mol. The van der Waals surface area contributed by atoms with Crippen LogP contribution >= 0.6 is 0 Å². The van der Waals surface area contributed by atoms with E-state index in [9.17, 15) is 19.5 Å². The van der Waals surface area contributed by atoms with Crippen molar-refractivity contribution in [2.45, 2.75) is 19.3 Å². The van der Waals surface area contributed by atoms with Gasteiger partial charge in [0, 0.05) is 24.3 Å². The molecular weight excluding hydrogens is 320 g/mol. The van der Waals surface area contributed by atoms with Crippen molar-refractivity contribution in [2.24, 2.45) is 23.7 Å². The minimum absolute atomic E-state index is 0.00515. The van der Waals surface area contributed by atoms with Crippen molar-refractivity contribution in [2.75, 3.05) is 16.8 Å². The molecule has 6 nitrogen and oxygen atoms in total. The molecule has 130 valence electrons. The number of benzene rings is 1. The van der Waals surface area contributed by atoms with Gasteiger partial charge < -0.3 is 15.3 Å². The number of carbonyl (C=O) groups excluding carboxylic acids is 2. The van der Waals surface area contributed by atoms with Crippen molar-refractivity contribution in [1.82, 2.24) is 0 Å². The number of carbonyl (C=O) groups is 3. The Labute approximate surface area is 145 Å². The second-order valence-electron chi connectivity index (χ2n) is 7.03. The van der Waals surface area contributed by atoms with Crippen LogP contribution in [0.4, 0.5) is 11.4 Å². The summed E-state index contributed by atoms with van der Waals surface area (Å²) < 4.78 is 0. The highest BCUT2D eigenvalue weighted by Gasteiger charge is 2.51. The molecule has 0 unspecified atom stereocenters. The van der Waals surface area contributed by atoms with E-state index in [0.29, 0.717) is 18.7 Å². The van der Waals surface area contributed by atoms with Crippen molar-refractivity contribution < 1.29 is 19.5 Å². The zero-order valence-corrected chi connectivity index (χ0v) is 13.7. The number of hydrogen-bond donors (Lipinski definition) is 2. The van der Waals surface area contributed by atoms with Gasteiger partial charge in [-0.2, -0.15) is 0 Å². The molecular formula is C19H20N2O4. The topological polar surface area (TPSA) is 86.7 Å². The maximum Gasteiger partial charge on any atom is 0.307 e. The summed E-state index contributed by atoms with van der Waals surface area (Å²) in [6, 6.07) is 7.19. The number of hydrogen-bond acceptors (Lipinski definition) is 3. The van der Waals surface area contributed by atoms with Gasteiger partial charge in [-0.25, -0.2) is 0 Å². The van der Waals surface area contributed by atoms with E-state index in [1.165, 1.54) is 0 Å². The molecule has 0 spiro atoms. The number of fused-ring (bicyclic) bond motifs is 2. The molecule has 1 heterocycles. The first-order valence-corrected chi connectivity index (χ1v) is 8.67. The van der Waals surface area contributed by atoms with Crippen LogP contribution in [0.15, 0.2) is 36.4 Å². The number of nitrogens with one attached hydrogen (secondary N) is 1. The van der Waals surface area contributed by atoms with E-state index in [1.54, 1.807) is 23.1 Å². The molecule has 2 aliphatic carbocycles. The summed E-state index contributed by atoms with van der Waals surface area (Å²) in [6.45, 7) is 0.689. The van der Waals surface area contributed by atoms with Gasteiger partial charge in [-0.05, 0) is 42.9 Å². The van der Waals surface area contributed by atoms with Crippen molar-refractivity contribution >= 4 is 29.2 Å². The average Bonchev–Trinajstić information content (AvgIpc) is 3.29. The predicted molar refractivity (Wildman–Crippen MR) is 92.0 cm³/mol. The predicted octanol–water partition coefficient (Wildman–Crippen LogP) is 2.27. The van der Waals surface area contributed by atoms with E-state index in [0.717, 1.165) is 18.5 Å². The molecule has 4 atom stereocenters. The Bertz CT molecular complexity index is 772. The molecule has 1 saturated carbocycles. The summed E-state index contributed by atoms with van der Waals surface area (Å²) in [7, 11) is 0. The van der Waals surface area contributed by atoms with Gasteiger partial charge in [0.2, 0.25) is 11.8 Å². The van der Waals surface area contributed by atoms with E-state index in [1.807, 2.05) is 18.2 Å². The number of aliphatic carboxylic acids is 1. The Hall–Kier alpha value is -2.63. The summed E-state index contributed by atoms with van der Waals surface area (Å²) in [5.74, 6) is -2.32.